The Hall–Kier alpha value is -3.30. The van der Waals surface area contributed by atoms with Crippen LogP contribution in [-0.2, 0) is 4.79 Å². The van der Waals surface area contributed by atoms with E-state index in [1.54, 1.807) is 23.5 Å². The van der Waals surface area contributed by atoms with Crippen LogP contribution in [0.4, 0.5) is 16.5 Å². The van der Waals surface area contributed by atoms with Crippen LogP contribution in [0, 0.1) is 10.1 Å². The van der Waals surface area contributed by atoms with Crippen molar-refractivity contribution in [1.29, 1.82) is 0 Å². The number of piperazine rings is 1. The van der Waals surface area contributed by atoms with E-state index in [4.69, 9.17) is 4.98 Å². The van der Waals surface area contributed by atoms with Crippen LogP contribution in [0.15, 0.2) is 60.0 Å². The third-order valence-corrected chi connectivity index (χ3v) is 5.81. The van der Waals surface area contributed by atoms with Crippen LogP contribution < -0.4 is 10.2 Å². The van der Waals surface area contributed by atoms with Crippen molar-refractivity contribution in [3.05, 3.63) is 70.1 Å². The lowest BCUT2D eigenvalue weighted by atomic mass is 10.2. The van der Waals surface area contributed by atoms with E-state index in [2.05, 4.69) is 32.6 Å². The number of benzene rings is 2. The average Bonchev–Trinajstić information content (AvgIpc) is 3.25. The number of carbonyl (C=O) groups excluding carboxylic acids is 1. The number of non-ortho nitro benzene ring substituents is 1. The zero-order chi connectivity index (χ0) is 20.9. The lowest BCUT2D eigenvalue weighted by molar-refractivity contribution is -0.384. The van der Waals surface area contributed by atoms with Gasteiger partial charge in [0.15, 0.2) is 5.13 Å². The lowest BCUT2D eigenvalue weighted by Crippen LogP contribution is -2.48. The van der Waals surface area contributed by atoms with Crippen LogP contribution in [0.25, 0.3) is 11.3 Å². The molecule has 154 valence electrons. The third-order valence-electron chi connectivity index (χ3n) is 4.91. The van der Waals surface area contributed by atoms with Gasteiger partial charge in [-0.2, -0.15) is 0 Å². The Balaban J connectivity index is 1.29. The number of rotatable bonds is 6. The van der Waals surface area contributed by atoms with Gasteiger partial charge in [-0.3, -0.25) is 19.8 Å². The first-order valence-corrected chi connectivity index (χ1v) is 10.5. The van der Waals surface area contributed by atoms with E-state index in [0.717, 1.165) is 42.6 Å². The first-order chi connectivity index (χ1) is 14.6. The van der Waals surface area contributed by atoms with Gasteiger partial charge in [-0.25, -0.2) is 4.98 Å². The minimum atomic E-state index is -0.475. The average molecular weight is 423 g/mol. The molecule has 1 amide bonds. The molecule has 1 N–H and O–H groups in total. The molecule has 1 fully saturated rings. The monoisotopic (exact) mass is 423 g/mol. The molecule has 0 saturated carbocycles. The normalized spacial score (nSPS) is 14.5. The summed E-state index contributed by atoms with van der Waals surface area (Å²) >= 11 is 1.63. The number of amides is 1. The molecule has 0 atom stereocenters. The van der Waals surface area contributed by atoms with Crippen LogP contribution in [-0.4, -0.2) is 53.4 Å². The van der Waals surface area contributed by atoms with E-state index in [0.29, 0.717) is 5.69 Å². The number of hydrogen-bond donors (Lipinski definition) is 1. The van der Waals surface area contributed by atoms with Crippen molar-refractivity contribution in [1.82, 2.24) is 9.88 Å². The van der Waals surface area contributed by atoms with Crippen LogP contribution in [0.1, 0.15) is 0 Å². The summed E-state index contributed by atoms with van der Waals surface area (Å²) in [4.78, 5) is 31.8. The van der Waals surface area contributed by atoms with Gasteiger partial charge in [0.05, 0.1) is 17.2 Å². The highest BCUT2D eigenvalue weighted by molar-refractivity contribution is 7.14. The number of nitro benzene ring substituents is 1. The van der Waals surface area contributed by atoms with Gasteiger partial charge in [0.1, 0.15) is 0 Å². The van der Waals surface area contributed by atoms with Crippen molar-refractivity contribution in [2.24, 2.45) is 0 Å². The first-order valence-electron chi connectivity index (χ1n) is 9.61. The fraction of sp³-hybridized carbons (Fsp3) is 0.238. The number of nitro groups is 1. The molecule has 30 heavy (non-hydrogen) atoms. The SMILES string of the molecule is O=C(CN1CCN(c2nc(-c3ccccc3)cs2)CC1)Nc1cccc([N+](=O)[O-])c1. The Morgan fingerprint density at radius 3 is 2.60 bits per heavy atom. The van der Waals surface area contributed by atoms with E-state index in [1.165, 1.54) is 12.1 Å². The van der Waals surface area contributed by atoms with Crippen LogP contribution in [0.2, 0.25) is 0 Å². The van der Waals surface area contributed by atoms with Gasteiger partial charge in [-0.15, -0.1) is 11.3 Å². The Morgan fingerprint density at radius 1 is 1.10 bits per heavy atom. The second-order valence-corrected chi connectivity index (χ2v) is 7.84. The lowest BCUT2D eigenvalue weighted by Gasteiger charge is -2.34. The van der Waals surface area contributed by atoms with Crippen molar-refractivity contribution < 1.29 is 9.72 Å². The number of aromatic nitrogens is 1. The maximum absolute atomic E-state index is 12.3. The second-order valence-electron chi connectivity index (χ2n) is 7.00. The van der Waals surface area contributed by atoms with Crippen molar-refractivity contribution in [2.75, 3.05) is 42.9 Å². The van der Waals surface area contributed by atoms with Gasteiger partial charge < -0.3 is 10.2 Å². The summed E-state index contributed by atoms with van der Waals surface area (Å²) in [7, 11) is 0. The molecule has 3 aromatic rings. The smallest absolute Gasteiger partial charge is 0.271 e. The molecule has 1 aromatic heterocycles. The highest BCUT2D eigenvalue weighted by atomic mass is 32.1. The highest BCUT2D eigenvalue weighted by Crippen LogP contribution is 2.28. The predicted molar refractivity (Wildman–Crippen MR) is 118 cm³/mol. The summed E-state index contributed by atoms with van der Waals surface area (Å²) < 4.78 is 0. The van der Waals surface area contributed by atoms with E-state index in [-0.39, 0.29) is 18.1 Å². The topological polar surface area (TPSA) is 91.6 Å². The van der Waals surface area contributed by atoms with Crippen LogP contribution >= 0.6 is 11.3 Å². The summed E-state index contributed by atoms with van der Waals surface area (Å²) in [5.41, 5.74) is 2.48. The Kier molecular flexibility index (Phi) is 6.01. The fourth-order valence-corrected chi connectivity index (χ4v) is 4.24. The minimum absolute atomic E-state index is 0.0419. The molecule has 8 nitrogen and oxygen atoms in total. The molecule has 0 spiro atoms. The zero-order valence-corrected chi connectivity index (χ0v) is 17.0. The van der Waals surface area contributed by atoms with Gasteiger partial charge in [0.2, 0.25) is 5.91 Å². The minimum Gasteiger partial charge on any atom is -0.346 e. The third kappa shape index (κ3) is 4.81. The first kappa shape index (κ1) is 20.0. The van der Waals surface area contributed by atoms with Gasteiger partial charge in [0.25, 0.3) is 5.69 Å². The Bertz CT molecular complexity index is 1030. The standard InChI is InChI=1S/C21H21N5O3S/c27-20(22-17-7-4-8-18(13-17)26(28)29)14-24-9-11-25(12-10-24)21-23-19(15-30-21)16-5-2-1-3-6-16/h1-8,13,15H,9-12,14H2,(H,22,27). The number of hydrogen-bond acceptors (Lipinski definition) is 7. The number of carbonyl (C=O) groups is 1. The zero-order valence-electron chi connectivity index (χ0n) is 16.2. The summed E-state index contributed by atoms with van der Waals surface area (Å²) in [5, 5.41) is 16.7. The predicted octanol–water partition coefficient (Wildman–Crippen LogP) is 3.48. The summed E-state index contributed by atoms with van der Waals surface area (Å²) in [6.07, 6.45) is 0. The number of anilines is 2. The van der Waals surface area contributed by atoms with E-state index in [9.17, 15) is 14.9 Å². The van der Waals surface area contributed by atoms with Crippen LogP contribution in [0.3, 0.4) is 0 Å². The molecule has 2 heterocycles. The Labute approximate surface area is 177 Å². The Morgan fingerprint density at radius 2 is 1.87 bits per heavy atom. The number of nitrogens with one attached hydrogen (secondary N) is 1. The van der Waals surface area contributed by atoms with E-state index < -0.39 is 4.92 Å². The highest BCUT2D eigenvalue weighted by Gasteiger charge is 2.21. The van der Waals surface area contributed by atoms with Crippen LogP contribution in [0.5, 0.6) is 0 Å². The maximum atomic E-state index is 12.3. The largest absolute Gasteiger partial charge is 0.346 e. The van der Waals surface area contributed by atoms with Crippen molar-refractivity contribution in [3.63, 3.8) is 0 Å². The molecule has 1 aliphatic heterocycles. The molecule has 1 saturated heterocycles. The second kappa shape index (κ2) is 9.02. The quantitative estimate of drug-likeness (QED) is 0.482. The molecule has 2 aromatic carbocycles. The molecule has 0 aliphatic carbocycles. The van der Waals surface area contributed by atoms with E-state index in [1.807, 2.05) is 18.2 Å². The van der Waals surface area contributed by atoms with Crippen molar-refractivity contribution in [3.8, 4) is 11.3 Å². The van der Waals surface area contributed by atoms with E-state index >= 15 is 0 Å². The molecule has 1 aliphatic rings. The van der Waals surface area contributed by atoms with Gasteiger partial charge >= 0.3 is 0 Å². The summed E-state index contributed by atoms with van der Waals surface area (Å²) in [6.45, 7) is 3.35. The fourth-order valence-electron chi connectivity index (χ4n) is 3.35. The maximum Gasteiger partial charge on any atom is 0.271 e. The van der Waals surface area contributed by atoms with Gasteiger partial charge in [-0.05, 0) is 6.07 Å². The molecule has 0 bridgehead atoms. The molecular weight excluding hydrogens is 402 g/mol. The summed E-state index contributed by atoms with van der Waals surface area (Å²) in [6, 6.07) is 16.1. The molecular formula is C21H21N5O3S. The number of nitrogens with zero attached hydrogens (tertiary/aromatic N) is 4. The van der Waals surface area contributed by atoms with Crippen molar-refractivity contribution >= 4 is 33.8 Å². The number of thiazole rings is 1. The molecule has 4 rings (SSSR count). The molecule has 0 radical (unpaired) electrons. The molecule has 0 unspecified atom stereocenters. The summed E-state index contributed by atoms with van der Waals surface area (Å²) in [5.74, 6) is -0.176. The molecule has 9 heteroatoms. The van der Waals surface area contributed by atoms with Gasteiger partial charge in [0, 0.05) is 54.9 Å². The van der Waals surface area contributed by atoms with Gasteiger partial charge in [-0.1, -0.05) is 36.4 Å². The van der Waals surface area contributed by atoms with Crippen molar-refractivity contribution in [2.45, 2.75) is 0 Å².